The Bertz CT molecular complexity index is 1310. The van der Waals surface area contributed by atoms with Gasteiger partial charge in [0, 0.05) is 25.4 Å². The minimum Gasteiger partial charge on any atom is -0.457 e. The van der Waals surface area contributed by atoms with E-state index in [1.165, 1.54) is 43.7 Å². The van der Waals surface area contributed by atoms with Crippen LogP contribution in [0.1, 0.15) is 10.5 Å². The molecule has 0 radical (unpaired) electrons. The number of para-hydroxylation sites is 2. The van der Waals surface area contributed by atoms with E-state index in [0.717, 1.165) is 6.07 Å². The summed E-state index contributed by atoms with van der Waals surface area (Å²) >= 11 is 0. The lowest BCUT2D eigenvalue weighted by Crippen LogP contribution is -2.21. The van der Waals surface area contributed by atoms with E-state index in [1.807, 2.05) is 12.1 Å². The minimum atomic E-state index is -0.706. The molecular formula is C22H17FN6O3. The highest BCUT2D eigenvalue weighted by Crippen LogP contribution is 2.26. The first-order valence-electron chi connectivity index (χ1n) is 9.47. The fourth-order valence-corrected chi connectivity index (χ4v) is 2.81. The number of carbonyl (C=O) groups excluding carboxylic acids is 2. The number of fused-ring (bicyclic) bond motifs is 1. The van der Waals surface area contributed by atoms with Gasteiger partial charge in [0.1, 0.15) is 23.0 Å². The lowest BCUT2D eigenvalue weighted by atomic mass is 10.2. The largest absolute Gasteiger partial charge is 0.457 e. The van der Waals surface area contributed by atoms with Crippen LogP contribution in [0.15, 0.2) is 67.0 Å². The highest BCUT2D eigenvalue weighted by atomic mass is 19.1. The lowest BCUT2D eigenvalue weighted by Gasteiger charge is -2.11. The number of hydrogen-bond acceptors (Lipinski definition) is 6. The molecule has 2 aromatic heterocycles. The van der Waals surface area contributed by atoms with E-state index in [9.17, 15) is 14.0 Å². The SMILES string of the molecule is CNC(=O)c1cc(Oc2ccc(NC(=O)Nc3cnc4ccccc4n3)c(F)c2)ccn1. The molecule has 32 heavy (non-hydrogen) atoms. The van der Waals surface area contributed by atoms with Crippen LogP contribution in [0.3, 0.4) is 0 Å². The van der Waals surface area contributed by atoms with E-state index in [0.29, 0.717) is 16.8 Å². The molecule has 2 aromatic carbocycles. The van der Waals surface area contributed by atoms with E-state index in [-0.39, 0.29) is 28.9 Å². The van der Waals surface area contributed by atoms with Gasteiger partial charge in [0.15, 0.2) is 5.82 Å². The van der Waals surface area contributed by atoms with Crippen molar-refractivity contribution in [1.29, 1.82) is 0 Å². The monoisotopic (exact) mass is 432 g/mol. The van der Waals surface area contributed by atoms with Gasteiger partial charge in [0.05, 0.1) is 22.9 Å². The maximum absolute atomic E-state index is 14.5. The smallest absolute Gasteiger partial charge is 0.324 e. The molecule has 0 aliphatic carbocycles. The summed E-state index contributed by atoms with van der Waals surface area (Å²) in [6.45, 7) is 0. The van der Waals surface area contributed by atoms with E-state index < -0.39 is 11.8 Å². The van der Waals surface area contributed by atoms with Gasteiger partial charge in [-0.3, -0.25) is 20.1 Å². The number of carbonyl (C=O) groups is 2. The molecular weight excluding hydrogens is 415 g/mol. The van der Waals surface area contributed by atoms with Crippen molar-refractivity contribution in [3.05, 3.63) is 78.5 Å². The molecule has 0 saturated heterocycles. The quantitative estimate of drug-likeness (QED) is 0.439. The summed E-state index contributed by atoms with van der Waals surface area (Å²) in [5.74, 6) is -0.355. The predicted octanol–water partition coefficient (Wildman–Crippen LogP) is 3.96. The Morgan fingerprint density at radius 1 is 0.938 bits per heavy atom. The Labute approximate surface area is 181 Å². The number of ether oxygens (including phenoxy) is 1. The molecule has 160 valence electrons. The summed E-state index contributed by atoms with van der Waals surface area (Å²) in [5, 5.41) is 7.40. The minimum absolute atomic E-state index is 0.0515. The number of halogens is 1. The van der Waals surface area contributed by atoms with Crippen molar-refractivity contribution in [3.63, 3.8) is 0 Å². The predicted molar refractivity (Wildman–Crippen MR) is 116 cm³/mol. The van der Waals surface area contributed by atoms with Crippen molar-refractivity contribution in [2.45, 2.75) is 0 Å². The van der Waals surface area contributed by atoms with Crippen LogP contribution < -0.4 is 20.7 Å². The Morgan fingerprint density at radius 3 is 2.50 bits per heavy atom. The standard InChI is InChI=1S/C22H17FN6O3/c1-24-21(30)19-11-14(8-9-25-19)32-13-6-7-16(15(23)10-13)28-22(31)29-20-12-26-17-4-2-3-5-18(17)27-20/h2-12H,1H3,(H,24,30)(H2,27,28,29,31). The number of amides is 3. The van der Waals surface area contributed by atoms with Crippen molar-refractivity contribution in [2.75, 3.05) is 17.7 Å². The zero-order chi connectivity index (χ0) is 22.5. The maximum Gasteiger partial charge on any atom is 0.324 e. The topological polar surface area (TPSA) is 118 Å². The van der Waals surface area contributed by atoms with Crippen molar-refractivity contribution >= 4 is 34.5 Å². The molecule has 0 aliphatic rings. The molecule has 0 unspecified atom stereocenters. The second-order valence-corrected chi connectivity index (χ2v) is 6.52. The number of aromatic nitrogens is 3. The van der Waals surface area contributed by atoms with Gasteiger partial charge in [0.25, 0.3) is 5.91 Å². The molecule has 0 aliphatic heterocycles. The molecule has 9 nitrogen and oxygen atoms in total. The van der Waals surface area contributed by atoms with Crippen LogP contribution in [0.2, 0.25) is 0 Å². The zero-order valence-corrected chi connectivity index (χ0v) is 16.8. The normalized spacial score (nSPS) is 10.4. The Balaban J connectivity index is 1.42. The van der Waals surface area contributed by atoms with Crippen molar-refractivity contribution in [2.24, 2.45) is 0 Å². The number of urea groups is 1. The first-order valence-corrected chi connectivity index (χ1v) is 9.47. The highest BCUT2D eigenvalue weighted by Gasteiger charge is 2.11. The summed E-state index contributed by atoms with van der Waals surface area (Å²) in [5.41, 5.74) is 1.42. The third-order valence-electron chi connectivity index (χ3n) is 4.31. The molecule has 3 N–H and O–H groups in total. The molecule has 10 heteroatoms. The van der Waals surface area contributed by atoms with Gasteiger partial charge in [-0.1, -0.05) is 12.1 Å². The number of benzene rings is 2. The number of rotatable bonds is 5. The average molecular weight is 432 g/mol. The molecule has 0 fully saturated rings. The molecule has 4 rings (SSSR count). The van der Waals surface area contributed by atoms with Crippen LogP contribution >= 0.6 is 0 Å². The highest BCUT2D eigenvalue weighted by molar-refractivity contribution is 5.99. The summed E-state index contributed by atoms with van der Waals surface area (Å²) in [4.78, 5) is 36.3. The summed E-state index contributed by atoms with van der Waals surface area (Å²) in [6.07, 6.45) is 2.82. The van der Waals surface area contributed by atoms with Crippen LogP contribution in [0.5, 0.6) is 11.5 Å². The van der Waals surface area contributed by atoms with Crippen molar-refractivity contribution in [3.8, 4) is 11.5 Å². The summed E-state index contributed by atoms with van der Waals surface area (Å²) in [7, 11) is 1.49. The second kappa shape index (κ2) is 9.04. The maximum atomic E-state index is 14.5. The molecule has 2 heterocycles. The van der Waals surface area contributed by atoms with Gasteiger partial charge in [0.2, 0.25) is 0 Å². The van der Waals surface area contributed by atoms with Gasteiger partial charge in [-0.05, 0) is 30.3 Å². The molecule has 0 atom stereocenters. The second-order valence-electron chi connectivity index (χ2n) is 6.52. The van der Waals surface area contributed by atoms with Gasteiger partial charge in [-0.2, -0.15) is 0 Å². The van der Waals surface area contributed by atoms with Gasteiger partial charge < -0.3 is 15.4 Å². The number of hydrogen-bond donors (Lipinski definition) is 3. The molecule has 0 saturated carbocycles. The van der Waals surface area contributed by atoms with E-state index >= 15 is 0 Å². The van der Waals surface area contributed by atoms with Crippen LogP contribution in [0.25, 0.3) is 11.0 Å². The van der Waals surface area contributed by atoms with Gasteiger partial charge in [-0.25, -0.2) is 14.2 Å². The Hall–Kier alpha value is -4.60. The Kier molecular flexibility index (Phi) is 5.84. The number of nitrogens with zero attached hydrogens (tertiary/aromatic N) is 3. The molecule has 0 spiro atoms. The number of nitrogens with one attached hydrogen (secondary N) is 3. The van der Waals surface area contributed by atoms with Crippen molar-refractivity contribution < 1.29 is 18.7 Å². The summed E-state index contributed by atoms with van der Waals surface area (Å²) < 4.78 is 20.1. The molecule has 3 amide bonds. The van der Waals surface area contributed by atoms with E-state index in [1.54, 1.807) is 12.1 Å². The first-order chi connectivity index (χ1) is 15.5. The van der Waals surface area contributed by atoms with Gasteiger partial charge in [-0.15, -0.1) is 0 Å². The first kappa shape index (κ1) is 20.7. The van der Waals surface area contributed by atoms with Gasteiger partial charge >= 0.3 is 6.03 Å². The fourth-order valence-electron chi connectivity index (χ4n) is 2.81. The molecule has 0 bridgehead atoms. The van der Waals surface area contributed by atoms with Crippen LogP contribution in [0.4, 0.5) is 20.7 Å². The van der Waals surface area contributed by atoms with Crippen LogP contribution in [0, 0.1) is 5.82 Å². The third kappa shape index (κ3) is 4.75. The number of anilines is 2. The van der Waals surface area contributed by atoms with E-state index in [2.05, 4.69) is 30.9 Å². The third-order valence-corrected chi connectivity index (χ3v) is 4.31. The zero-order valence-electron chi connectivity index (χ0n) is 16.8. The average Bonchev–Trinajstić information content (AvgIpc) is 2.80. The lowest BCUT2D eigenvalue weighted by molar-refractivity contribution is 0.0958. The van der Waals surface area contributed by atoms with Crippen LogP contribution in [-0.2, 0) is 0 Å². The van der Waals surface area contributed by atoms with Crippen molar-refractivity contribution in [1.82, 2.24) is 20.3 Å². The van der Waals surface area contributed by atoms with E-state index in [4.69, 9.17) is 4.74 Å². The number of pyridine rings is 1. The molecule has 4 aromatic rings. The fraction of sp³-hybridized carbons (Fsp3) is 0.0455. The van der Waals surface area contributed by atoms with Crippen LogP contribution in [-0.4, -0.2) is 33.9 Å². The Morgan fingerprint density at radius 2 is 1.72 bits per heavy atom. The summed E-state index contributed by atoms with van der Waals surface area (Å²) in [6, 6.07) is 13.5.